The van der Waals surface area contributed by atoms with E-state index in [1.807, 2.05) is 10.6 Å². The fourth-order valence-corrected chi connectivity index (χ4v) is 3.97. The van der Waals surface area contributed by atoms with Crippen LogP contribution in [0.4, 0.5) is 5.82 Å². The third-order valence-electron chi connectivity index (χ3n) is 5.91. The molecule has 0 amide bonds. The van der Waals surface area contributed by atoms with E-state index in [2.05, 4.69) is 33.1 Å². The van der Waals surface area contributed by atoms with Crippen molar-refractivity contribution in [2.24, 2.45) is 5.92 Å². The molecular weight excluding hydrogens is 316 g/mol. The van der Waals surface area contributed by atoms with Gasteiger partial charge in [0.15, 0.2) is 11.5 Å². The van der Waals surface area contributed by atoms with E-state index in [0.717, 1.165) is 49.5 Å². The number of ether oxygens (including phenoxy) is 1. The SMILES string of the molecule is CN(CC1CCOCC1)C1CN(c2ccc3nnc(C4CC4)n3n2)C1. The van der Waals surface area contributed by atoms with Gasteiger partial charge in [0.2, 0.25) is 0 Å². The minimum absolute atomic E-state index is 0.562. The van der Waals surface area contributed by atoms with E-state index in [1.165, 1.54) is 32.2 Å². The van der Waals surface area contributed by atoms with E-state index in [4.69, 9.17) is 9.84 Å². The van der Waals surface area contributed by atoms with Gasteiger partial charge in [0, 0.05) is 44.8 Å². The van der Waals surface area contributed by atoms with Crippen LogP contribution in [0.3, 0.4) is 0 Å². The number of nitrogens with zero attached hydrogens (tertiary/aromatic N) is 6. The lowest BCUT2D eigenvalue weighted by Crippen LogP contribution is -2.59. The van der Waals surface area contributed by atoms with Crippen LogP contribution >= 0.6 is 0 Å². The lowest BCUT2D eigenvalue weighted by Gasteiger charge is -2.45. The van der Waals surface area contributed by atoms with Gasteiger partial charge in [0.25, 0.3) is 0 Å². The second kappa shape index (κ2) is 6.21. The molecule has 0 spiro atoms. The first-order chi connectivity index (χ1) is 12.3. The van der Waals surface area contributed by atoms with Gasteiger partial charge >= 0.3 is 0 Å². The van der Waals surface area contributed by atoms with Crippen LogP contribution in [0.1, 0.15) is 37.4 Å². The first-order valence-electron chi connectivity index (χ1n) is 9.53. The quantitative estimate of drug-likeness (QED) is 0.822. The maximum atomic E-state index is 5.47. The fourth-order valence-electron chi connectivity index (χ4n) is 3.97. The van der Waals surface area contributed by atoms with Gasteiger partial charge < -0.3 is 9.64 Å². The third kappa shape index (κ3) is 3.00. The summed E-state index contributed by atoms with van der Waals surface area (Å²) in [6.45, 7) is 5.16. The lowest BCUT2D eigenvalue weighted by atomic mass is 9.98. The molecule has 0 N–H and O–H groups in total. The summed E-state index contributed by atoms with van der Waals surface area (Å²) < 4.78 is 7.42. The molecule has 1 aliphatic carbocycles. The van der Waals surface area contributed by atoms with Crippen molar-refractivity contribution < 1.29 is 4.74 Å². The minimum Gasteiger partial charge on any atom is -0.381 e. The molecule has 3 fully saturated rings. The molecule has 3 aliphatic rings. The zero-order valence-corrected chi connectivity index (χ0v) is 14.8. The van der Waals surface area contributed by atoms with E-state index in [9.17, 15) is 0 Å². The second-order valence-corrected chi connectivity index (χ2v) is 7.85. The van der Waals surface area contributed by atoms with Crippen LogP contribution in [-0.4, -0.2) is 70.6 Å². The molecule has 1 saturated carbocycles. The molecule has 2 aliphatic heterocycles. The molecule has 0 unspecified atom stereocenters. The zero-order chi connectivity index (χ0) is 16.8. The number of aromatic nitrogens is 4. The summed E-state index contributed by atoms with van der Waals surface area (Å²) >= 11 is 0. The van der Waals surface area contributed by atoms with Crippen LogP contribution in [0.15, 0.2) is 12.1 Å². The summed E-state index contributed by atoms with van der Waals surface area (Å²) in [4.78, 5) is 4.89. The van der Waals surface area contributed by atoms with Crippen LogP contribution in [0.5, 0.6) is 0 Å². The summed E-state index contributed by atoms with van der Waals surface area (Å²) in [5.41, 5.74) is 0.861. The average Bonchev–Trinajstić information content (AvgIpc) is 3.34. The summed E-state index contributed by atoms with van der Waals surface area (Å²) in [6.07, 6.45) is 4.85. The van der Waals surface area contributed by atoms with Crippen molar-refractivity contribution in [3.05, 3.63) is 18.0 Å². The Balaban J connectivity index is 1.22. The molecule has 4 heterocycles. The van der Waals surface area contributed by atoms with E-state index in [-0.39, 0.29) is 0 Å². The lowest BCUT2D eigenvalue weighted by molar-refractivity contribution is 0.0480. The second-order valence-electron chi connectivity index (χ2n) is 7.85. The number of rotatable bonds is 5. The maximum Gasteiger partial charge on any atom is 0.178 e. The molecule has 2 saturated heterocycles. The molecule has 2 aromatic rings. The Hall–Kier alpha value is -1.73. The Labute approximate surface area is 148 Å². The molecular formula is C18H26N6O. The smallest absolute Gasteiger partial charge is 0.178 e. The maximum absolute atomic E-state index is 5.47. The Bertz CT molecular complexity index is 745. The van der Waals surface area contributed by atoms with Gasteiger partial charge in [-0.2, -0.15) is 4.52 Å². The Morgan fingerprint density at radius 1 is 1.12 bits per heavy atom. The molecule has 0 bridgehead atoms. The van der Waals surface area contributed by atoms with Gasteiger partial charge in [-0.15, -0.1) is 15.3 Å². The van der Waals surface area contributed by atoms with Crippen LogP contribution < -0.4 is 4.90 Å². The number of anilines is 1. The highest BCUT2D eigenvalue weighted by atomic mass is 16.5. The van der Waals surface area contributed by atoms with Gasteiger partial charge in [-0.1, -0.05) is 0 Å². The van der Waals surface area contributed by atoms with Crippen molar-refractivity contribution in [3.8, 4) is 0 Å². The minimum atomic E-state index is 0.562. The van der Waals surface area contributed by atoms with Crippen molar-refractivity contribution in [2.45, 2.75) is 37.6 Å². The number of fused-ring (bicyclic) bond motifs is 1. The van der Waals surface area contributed by atoms with Crippen LogP contribution in [0, 0.1) is 5.92 Å². The first-order valence-corrected chi connectivity index (χ1v) is 9.53. The van der Waals surface area contributed by atoms with Gasteiger partial charge in [-0.05, 0) is 50.8 Å². The predicted octanol–water partition coefficient (Wildman–Crippen LogP) is 1.55. The van der Waals surface area contributed by atoms with E-state index < -0.39 is 0 Å². The molecule has 25 heavy (non-hydrogen) atoms. The molecule has 2 aromatic heterocycles. The topological polar surface area (TPSA) is 58.8 Å². The van der Waals surface area contributed by atoms with Crippen LogP contribution in [0.2, 0.25) is 0 Å². The average molecular weight is 342 g/mol. The van der Waals surface area contributed by atoms with Gasteiger partial charge in [0.1, 0.15) is 5.82 Å². The van der Waals surface area contributed by atoms with E-state index >= 15 is 0 Å². The highest BCUT2D eigenvalue weighted by molar-refractivity contribution is 5.48. The fraction of sp³-hybridized carbons (Fsp3) is 0.722. The Morgan fingerprint density at radius 2 is 1.92 bits per heavy atom. The Morgan fingerprint density at radius 3 is 2.68 bits per heavy atom. The standard InChI is InChI=1S/C18H26N6O/c1-22(10-13-6-8-25-9-7-13)15-11-23(12-15)17-5-4-16-19-20-18(14-2-3-14)24(16)21-17/h4-5,13-15H,2-3,6-12H2,1H3. The zero-order valence-electron chi connectivity index (χ0n) is 14.8. The molecule has 5 rings (SSSR count). The number of likely N-dealkylation sites (N-methyl/N-ethyl adjacent to an activating group) is 1. The molecule has 0 atom stereocenters. The molecule has 0 radical (unpaired) electrons. The van der Waals surface area contributed by atoms with Crippen molar-refractivity contribution in [1.82, 2.24) is 24.7 Å². The molecule has 0 aromatic carbocycles. The van der Waals surface area contributed by atoms with E-state index in [1.54, 1.807) is 0 Å². The summed E-state index contributed by atoms with van der Waals surface area (Å²) in [6, 6.07) is 4.75. The summed E-state index contributed by atoms with van der Waals surface area (Å²) in [7, 11) is 2.26. The molecule has 7 heteroatoms. The predicted molar refractivity (Wildman–Crippen MR) is 94.9 cm³/mol. The van der Waals surface area contributed by atoms with Crippen molar-refractivity contribution in [2.75, 3.05) is 44.8 Å². The highest BCUT2D eigenvalue weighted by Gasteiger charge is 2.33. The largest absolute Gasteiger partial charge is 0.381 e. The van der Waals surface area contributed by atoms with Crippen molar-refractivity contribution in [1.29, 1.82) is 0 Å². The van der Waals surface area contributed by atoms with Crippen LogP contribution in [0.25, 0.3) is 5.65 Å². The summed E-state index contributed by atoms with van der Waals surface area (Å²) in [5, 5.41) is 13.4. The van der Waals surface area contributed by atoms with Gasteiger partial charge in [-0.3, -0.25) is 4.90 Å². The van der Waals surface area contributed by atoms with Crippen molar-refractivity contribution >= 4 is 11.5 Å². The normalized spacial score (nSPS) is 22.7. The van der Waals surface area contributed by atoms with Gasteiger partial charge in [0.05, 0.1) is 0 Å². The molecule has 7 nitrogen and oxygen atoms in total. The Kier molecular flexibility index (Phi) is 3.86. The summed E-state index contributed by atoms with van der Waals surface area (Å²) in [5.74, 6) is 3.43. The number of hydrogen-bond acceptors (Lipinski definition) is 6. The monoisotopic (exact) mass is 342 g/mol. The number of hydrogen-bond donors (Lipinski definition) is 0. The van der Waals surface area contributed by atoms with Crippen LogP contribution in [-0.2, 0) is 4.74 Å². The van der Waals surface area contributed by atoms with Crippen molar-refractivity contribution in [3.63, 3.8) is 0 Å². The first kappa shape index (κ1) is 15.5. The van der Waals surface area contributed by atoms with Gasteiger partial charge in [-0.25, -0.2) is 0 Å². The third-order valence-corrected chi connectivity index (χ3v) is 5.91. The molecule has 134 valence electrons. The van der Waals surface area contributed by atoms with E-state index in [0.29, 0.717) is 12.0 Å². The highest BCUT2D eigenvalue weighted by Crippen LogP contribution is 2.38.